The average molecular weight is 331 g/mol. The number of nitrogens with zero attached hydrogens (tertiary/aromatic N) is 1. The van der Waals surface area contributed by atoms with Crippen molar-refractivity contribution >= 4 is 33.2 Å². The van der Waals surface area contributed by atoms with Crippen LogP contribution in [-0.2, 0) is 11.3 Å². The van der Waals surface area contributed by atoms with Gasteiger partial charge in [-0.25, -0.2) is 0 Å². The molecule has 1 saturated heterocycles. The van der Waals surface area contributed by atoms with Crippen LogP contribution in [0.1, 0.15) is 29.0 Å². The van der Waals surface area contributed by atoms with Crippen molar-refractivity contribution in [3.63, 3.8) is 0 Å². The highest BCUT2D eigenvalue weighted by Crippen LogP contribution is 2.26. The van der Waals surface area contributed by atoms with E-state index in [0.29, 0.717) is 12.3 Å². The number of carbonyl (C=O) groups is 1. The Kier molecular flexibility index (Phi) is 5.21. The summed E-state index contributed by atoms with van der Waals surface area (Å²) in [5, 5.41) is 3.34. The standard InChI is InChI=1S/C13H19BrN2OS/c1-10-12(14)8-11(18-10)9-15-5-4-13(17)16-6-2-3-7-16/h8,15H,2-7,9H2,1H3. The van der Waals surface area contributed by atoms with E-state index in [0.717, 1.165) is 26.2 Å². The third kappa shape index (κ3) is 3.80. The highest BCUT2D eigenvalue weighted by Gasteiger charge is 2.16. The Hall–Kier alpha value is -0.390. The van der Waals surface area contributed by atoms with E-state index < -0.39 is 0 Å². The van der Waals surface area contributed by atoms with Crippen molar-refractivity contribution in [3.05, 3.63) is 20.3 Å². The van der Waals surface area contributed by atoms with Crippen LogP contribution in [0.3, 0.4) is 0 Å². The Morgan fingerprint density at radius 2 is 2.22 bits per heavy atom. The summed E-state index contributed by atoms with van der Waals surface area (Å²) in [5.41, 5.74) is 0. The molecule has 1 aromatic rings. The van der Waals surface area contributed by atoms with E-state index >= 15 is 0 Å². The van der Waals surface area contributed by atoms with Gasteiger partial charge in [0.25, 0.3) is 0 Å². The van der Waals surface area contributed by atoms with Gasteiger partial charge in [0, 0.05) is 46.8 Å². The molecule has 1 amide bonds. The summed E-state index contributed by atoms with van der Waals surface area (Å²) in [7, 11) is 0. The zero-order valence-electron chi connectivity index (χ0n) is 10.7. The Bertz CT molecular complexity index is 394. The molecule has 2 rings (SSSR count). The number of rotatable bonds is 5. The van der Waals surface area contributed by atoms with Crippen molar-refractivity contribution in [3.8, 4) is 0 Å². The van der Waals surface area contributed by atoms with Crippen molar-refractivity contribution in [2.75, 3.05) is 19.6 Å². The second-order valence-electron chi connectivity index (χ2n) is 4.63. The number of aryl methyl sites for hydroxylation is 1. The van der Waals surface area contributed by atoms with Crippen LogP contribution in [0.5, 0.6) is 0 Å². The first kappa shape index (κ1) is 14.0. The largest absolute Gasteiger partial charge is 0.343 e. The van der Waals surface area contributed by atoms with Gasteiger partial charge in [-0.05, 0) is 41.8 Å². The fourth-order valence-corrected chi connectivity index (χ4v) is 3.71. The quantitative estimate of drug-likeness (QED) is 0.842. The molecule has 0 radical (unpaired) electrons. The van der Waals surface area contributed by atoms with Crippen molar-refractivity contribution in [2.45, 2.75) is 32.7 Å². The summed E-state index contributed by atoms with van der Waals surface area (Å²) >= 11 is 5.31. The molecule has 0 unspecified atom stereocenters. The number of hydrogen-bond acceptors (Lipinski definition) is 3. The SMILES string of the molecule is Cc1sc(CNCCC(=O)N2CCCC2)cc1Br. The first-order valence-electron chi connectivity index (χ1n) is 6.40. The van der Waals surface area contributed by atoms with E-state index in [1.165, 1.54) is 27.1 Å². The molecule has 1 N–H and O–H groups in total. The highest BCUT2D eigenvalue weighted by atomic mass is 79.9. The number of hydrogen-bond donors (Lipinski definition) is 1. The topological polar surface area (TPSA) is 32.3 Å². The van der Waals surface area contributed by atoms with Gasteiger partial charge < -0.3 is 10.2 Å². The summed E-state index contributed by atoms with van der Waals surface area (Å²) in [6.45, 7) is 5.63. The van der Waals surface area contributed by atoms with Gasteiger partial charge in [-0.2, -0.15) is 0 Å². The molecule has 1 aliphatic heterocycles. The van der Waals surface area contributed by atoms with Gasteiger partial charge >= 0.3 is 0 Å². The summed E-state index contributed by atoms with van der Waals surface area (Å²) in [4.78, 5) is 16.4. The fourth-order valence-electron chi connectivity index (χ4n) is 2.14. The van der Waals surface area contributed by atoms with E-state index in [4.69, 9.17) is 0 Å². The number of thiophene rings is 1. The van der Waals surface area contributed by atoms with Crippen LogP contribution in [0.15, 0.2) is 10.5 Å². The lowest BCUT2D eigenvalue weighted by molar-refractivity contribution is -0.130. The smallest absolute Gasteiger partial charge is 0.223 e. The first-order valence-corrected chi connectivity index (χ1v) is 8.01. The predicted octanol–water partition coefficient (Wildman–Crippen LogP) is 2.92. The molecule has 0 aliphatic carbocycles. The molecule has 0 bridgehead atoms. The number of nitrogens with one attached hydrogen (secondary N) is 1. The van der Waals surface area contributed by atoms with Gasteiger partial charge in [-0.3, -0.25) is 4.79 Å². The first-order chi connectivity index (χ1) is 8.66. The molecule has 18 heavy (non-hydrogen) atoms. The Morgan fingerprint density at radius 3 is 2.83 bits per heavy atom. The molecule has 1 fully saturated rings. The molecule has 0 spiro atoms. The molecule has 100 valence electrons. The van der Waals surface area contributed by atoms with Gasteiger partial charge in [-0.15, -0.1) is 11.3 Å². The lowest BCUT2D eigenvalue weighted by Gasteiger charge is -2.14. The fraction of sp³-hybridized carbons (Fsp3) is 0.615. The van der Waals surface area contributed by atoms with Gasteiger partial charge in [0.1, 0.15) is 0 Å². The van der Waals surface area contributed by atoms with Crippen LogP contribution in [0, 0.1) is 6.92 Å². The maximum absolute atomic E-state index is 11.8. The normalized spacial score (nSPS) is 15.3. The van der Waals surface area contributed by atoms with Crippen molar-refractivity contribution in [1.82, 2.24) is 10.2 Å². The predicted molar refractivity (Wildman–Crippen MR) is 78.9 cm³/mol. The van der Waals surface area contributed by atoms with E-state index in [1.54, 1.807) is 11.3 Å². The molecule has 1 aliphatic rings. The lowest BCUT2D eigenvalue weighted by Crippen LogP contribution is -2.30. The Balaban J connectivity index is 1.65. The van der Waals surface area contributed by atoms with Gasteiger partial charge in [0.15, 0.2) is 0 Å². The zero-order chi connectivity index (χ0) is 13.0. The van der Waals surface area contributed by atoms with Gasteiger partial charge in [-0.1, -0.05) is 0 Å². The van der Waals surface area contributed by atoms with Crippen molar-refractivity contribution < 1.29 is 4.79 Å². The van der Waals surface area contributed by atoms with E-state index in [2.05, 4.69) is 34.2 Å². The van der Waals surface area contributed by atoms with Crippen molar-refractivity contribution in [2.24, 2.45) is 0 Å². The van der Waals surface area contributed by atoms with Gasteiger partial charge in [0.2, 0.25) is 5.91 Å². The van der Waals surface area contributed by atoms with Crippen LogP contribution in [0.25, 0.3) is 0 Å². The second-order valence-corrected chi connectivity index (χ2v) is 6.83. The third-order valence-corrected chi connectivity index (χ3v) is 5.32. The van der Waals surface area contributed by atoms with E-state index in [9.17, 15) is 4.79 Å². The number of halogens is 1. The second kappa shape index (κ2) is 6.68. The minimum absolute atomic E-state index is 0.295. The van der Waals surface area contributed by atoms with Gasteiger partial charge in [0.05, 0.1) is 0 Å². The summed E-state index contributed by atoms with van der Waals surface area (Å²) in [6.07, 6.45) is 2.95. The molecule has 0 saturated carbocycles. The Morgan fingerprint density at radius 1 is 1.50 bits per heavy atom. The molecule has 3 nitrogen and oxygen atoms in total. The number of amides is 1. The minimum atomic E-state index is 0.295. The van der Waals surface area contributed by atoms with Crippen LogP contribution in [0.2, 0.25) is 0 Å². The molecular weight excluding hydrogens is 312 g/mol. The summed E-state index contributed by atoms with van der Waals surface area (Å²) in [6, 6.07) is 2.15. The molecule has 0 aromatic carbocycles. The maximum atomic E-state index is 11.8. The zero-order valence-corrected chi connectivity index (χ0v) is 13.1. The van der Waals surface area contributed by atoms with Crippen LogP contribution in [0.4, 0.5) is 0 Å². The number of likely N-dealkylation sites (tertiary alicyclic amines) is 1. The molecule has 0 atom stereocenters. The van der Waals surface area contributed by atoms with E-state index in [1.807, 2.05) is 4.90 Å². The van der Waals surface area contributed by atoms with Crippen LogP contribution >= 0.6 is 27.3 Å². The molecular formula is C13H19BrN2OS. The Labute approximate surface area is 121 Å². The molecule has 2 heterocycles. The van der Waals surface area contributed by atoms with Crippen LogP contribution < -0.4 is 5.32 Å². The summed E-state index contributed by atoms with van der Waals surface area (Å²) in [5.74, 6) is 0.295. The minimum Gasteiger partial charge on any atom is -0.343 e. The monoisotopic (exact) mass is 330 g/mol. The average Bonchev–Trinajstić information content (AvgIpc) is 2.96. The lowest BCUT2D eigenvalue weighted by atomic mass is 10.3. The number of carbonyl (C=O) groups excluding carboxylic acids is 1. The van der Waals surface area contributed by atoms with E-state index in [-0.39, 0.29) is 0 Å². The van der Waals surface area contributed by atoms with Crippen LogP contribution in [-0.4, -0.2) is 30.4 Å². The molecule has 5 heteroatoms. The maximum Gasteiger partial charge on any atom is 0.223 e. The highest BCUT2D eigenvalue weighted by molar-refractivity contribution is 9.10. The third-order valence-electron chi connectivity index (χ3n) is 3.18. The van der Waals surface area contributed by atoms with Crippen molar-refractivity contribution in [1.29, 1.82) is 0 Å². The molecule has 1 aromatic heterocycles. The summed E-state index contributed by atoms with van der Waals surface area (Å²) < 4.78 is 1.18.